The van der Waals surface area contributed by atoms with E-state index in [9.17, 15) is 9.59 Å². The second-order valence-electron chi connectivity index (χ2n) is 6.31. The maximum atomic E-state index is 12.5. The lowest BCUT2D eigenvalue weighted by atomic mass is 10.1. The lowest BCUT2D eigenvalue weighted by molar-refractivity contribution is -0.140. The predicted octanol–water partition coefficient (Wildman–Crippen LogP) is 3.66. The van der Waals surface area contributed by atoms with Crippen LogP contribution in [0.15, 0.2) is 72.5 Å². The number of nitrogens with zero attached hydrogens (tertiary/aromatic N) is 1. The zero-order valence-electron chi connectivity index (χ0n) is 15.9. The van der Waals surface area contributed by atoms with Crippen LogP contribution in [0, 0.1) is 0 Å². The molecule has 0 spiro atoms. The van der Waals surface area contributed by atoms with Crippen molar-refractivity contribution in [1.82, 2.24) is 4.90 Å². The SMILES string of the molecule is CCOC(=O)C1=CC=CN(Cc2ccccc2Cl)C1Oc1cccc(C(N)=O)c1. The summed E-state index contributed by atoms with van der Waals surface area (Å²) >= 11 is 6.31. The Kier molecular flexibility index (Phi) is 6.57. The summed E-state index contributed by atoms with van der Waals surface area (Å²) in [5, 5.41) is 0.614. The van der Waals surface area contributed by atoms with Crippen LogP contribution in [0.3, 0.4) is 0 Å². The van der Waals surface area contributed by atoms with Crippen LogP contribution in [0.5, 0.6) is 5.75 Å². The number of halogens is 1. The molecule has 0 saturated carbocycles. The molecule has 1 unspecified atom stereocenters. The Balaban J connectivity index is 1.92. The summed E-state index contributed by atoms with van der Waals surface area (Å²) in [4.78, 5) is 25.8. The van der Waals surface area contributed by atoms with Gasteiger partial charge in [-0.2, -0.15) is 0 Å². The molecule has 2 N–H and O–H groups in total. The molecule has 6 nitrogen and oxygen atoms in total. The average Bonchev–Trinajstić information content (AvgIpc) is 2.71. The van der Waals surface area contributed by atoms with Gasteiger partial charge in [0.25, 0.3) is 0 Å². The van der Waals surface area contributed by atoms with Gasteiger partial charge >= 0.3 is 5.97 Å². The average molecular weight is 413 g/mol. The second kappa shape index (κ2) is 9.30. The smallest absolute Gasteiger partial charge is 0.339 e. The summed E-state index contributed by atoms with van der Waals surface area (Å²) < 4.78 is 11.3. The zero-order chi connectivity index (χ0) is 20.8. The zero-order valence-corrected chi connectivity index (χ0v) is 16.6. The van der Waals surface area contributed by atoms with Gasteiger partial charge in [0.1, 0.15) is 5.75 Å². The molecule has 1 heterocycles. The number of esters is 1. The largest absolute Gasteiger partial charge is 0.466 e. The molecule has 0 aromatic heterocycles. The molecule has 1 atom stereocenters. The Labute approximate surface area is 174 Å². The number of rotatable bonds is 7. The van der Waals surface area contributed by atoms with Crippen molar-refractivity contribution in [2.75, 3.05) is 6.61 Å². The quantitative estimate of drug-likeness (QED) is 0.702. The first-order chi connectivity index (χ1) is 14.0. The molecular weight excluding hydrogens is 392 g/mol. The number of primary amides is 1. The number of hydrogen-bond donors (Lipinski definition) is 1. The van der Waals surface area contributed by atoms with Gasteiger partial charge in [0, 0.05) is 23.3 Å². The van der Waals surface area contributed by atoms with Gasteiger partial charge in [-0.05, 0) is 48.9 Å². The van der Waals surface area contributed by atoms with E-state index >= 15 is 0 Å². The van der Waals surface area contributed by atoms with E-state index < -0.39 is 18.1 Å². The lowest BCUT2D eigenvalue weighted by Crippen LogP contribution is -2.41. The van der Waals surface area contributed by atoms with Crippen LogP contribution < -0.4 is 10.5 Å². The van der Waals surface area contributed by atoms with E-state index in [1.165, 1.54) is 6.07 Å². The van der Waals surface area contributed by atoms with Crippen molar-refractivity contribution < 1.29 is 19.1 Å². The first-order valence-corrected chi connectivity index (χ1v) is 9.48. The highest BCUT2D eigenvalue weighted by Gasteiger charge is 2.30. The number of allylic oxidation sites excluding steroid dienone is 2. The van der Waals surface area contributed by atoms with E-state index in [2.05, 4.69) is 0 Å². The normalized spacial score (nSPS) is 15.6. The summed E-state index contributed by atoms with van der Waals surface area (Å²) in [5.74, 6) is -0.633. The molecule has 150 valence electrons. The van der Waals surface area contributed by atoms with Crippen molar-refractivity contribution in [3.8, 4) is 5.75 Å². The summed E-state index contributed by atoms with van der Waals surface area (Å²) in [6.07, 6.45) is 4.46. The Bertz CT molecular complexity index is 971. The van der Waals surface area contributed by atoms with Crippen LogP contribution in [0.2, 0.25) is 5.02 Å². The number of carbonyl (C=O) groups excluding carboxylic acids is 2. The molecule has 0 saturated heterocycles. The number of amides is 1. The lowest BCUT2D eigenvalue weighted by Gasteiger charge is -2.34. The number of benzene rings is 2. The van der Waals surface area contributed by atoms with Crippen molar-refractivity contribution in [3.05, 3.63) is 88.6 Å². The molecule has 0 aliphatic carbocycles. The molecule has 1 aliphatic rings. The van der Waals surface area contributed by atoms with Crippen molar-refractivity contribution in [1.29, 1.82) is 0 Å². The van der Waals surface area contributed by atoms with Gasteiger partial charge in [-0.15, -0.1) is 0 Å². The fraction of sp³-hybridized carbons (Fsp3) is 0.182. The first kappa shape index (κ1) is 20.5. The van der Waals surface area contributed by atoms with Gasteiger partial charge in [-0.1, -0.05) is 35.9 Å². The third kappa shape index (κ3) is 4.97. The molecule has 7 heteroatoms. The molecule has 3 rings (SSSR count). The Morgan fingerprint density at radius 2 is 1.97 bits per heavy atom. The van der Waals surface area contributed by atoms with Gasteiger partial charge < -0.3 is 20.1 Å². The molecule has 29 heavy (non-hydrogen) atoms. The fourth-order valence-electron chi connectivity index (χ4n) is 2.92. The van der Waals surface area contributed by atoms with Gasteiger partial charge in [0.2, 0.25) is 12.1 Å². The van der Waals surface area contributed by atoms with E-state index in [0.29, 0.717) is 28.5 Å². The van der Waals surface area contributed by atoms with Crippen molar-refractivity contribution in [2.45, 2.75) is 19.7 Å². The van der Waals surface area contributed by atoms with Crippen LogP contribution in [0.25, 0.3) is 0 Å². The summed E-state index contributed by atoms with van der Waals surface area (Å²) in [7, 11) is 0. The van der Waals surface area contributed by atoms with Crippen LogP contribution in [0.4, 0.5) is 0 Å². The predicted molar refractivity (Wildman–Crippen MR) is 110 cm³/mol. The van der Waals surface area contributed by atoms with Gasteiger partial charge in [-0.25, -0.2) is 4.79 Å². The van der Waals surface area contributed by atoms with Crippen LogP contribution >= 0.6 is 11.6 Å². The summed E-state index contributed by atoms with van der Waals surface area (Å²) in [6, 6.07) is 14.0. The maximum Gasteiger partial charge on any atom is 0.339 e. The van der Waals surface area contributed by atoms with E-state index in [1.54, 1.807) is 43.3 Å². The molecule has 1 amide bonds. The molecule has 0 radical (unpaired) electrons. The fourth-order valence-corrected chi connectivity index (χ4v) is 3.12. The molecule has 0 bridgehead atoms. The maximum absolute atomic E-state index is 12.5. The van der Waals surface area contributed by atoms with E-state index in [0.717, 1.165) is 5.56 Å². The van der Waals surface area contributed by atoms with E-state index in [4.69, 9.17) is 26.8 Å². The minimum absolute atomic E-state index is 0.244. The highest BCUT2D eigenvalue weighted by molar-refractivity contribution is 6.31. The number of nitrogens with two attached hydrogens (primary N) is 1. The van der Waals surface area contributed by atoms with E-state index in [-0.39, 0.29) is 6.61 Å². The molecule has 2 aromatic rings. The Hall–Kier alpha value is -3.25. The number of ether oxygens (including phenoxy) is 2. The van der Waals surface area contributed by atoms with Gasteiger partial charge in [0.15, 0.2) is 0 Å². The standard InChI is InChI=1S/C22H21ClN2O4/c1-2-28-22(27)18-10-6-12-25(14-16-7-3-4-11-19(16)23)21(18)29-17-9-5-8-15(13-17)20(24)26/h3-13,21H,2,14H2,1H3,(H2,24,26). The number of carbonyl (C=O) groups is 2. The van der Waals surface area contributed by atoms with Crippen molar-refractivity contribution in [2.24, 2.45) is 5.73 Å². The number of hydrogen-bond acceptors (Lipinski definition) is 5. The highest BCUT2D eigenvalue weighted by Crippen LogP contribution is 2.27. The van der Waals surface area contributed by atoms with Crippen LogP contribution in [-0.2, 0) is 16.1 Å². The monoisotopic (exact) mass is 412 g/mol. The highest BCUT2D eigenvalue weighted by atomic mass is 35.5. The first-order valence-electron chi connectivity index (χ1n) is 9.10. The minimum atomic E-state index is -0.765. The van der Waals surface area contributed by atoms with Crippen molar-refractivity contribution >= 4 is 23.5 Å². The third-order valence-electron chi connectivity index (χ3n) is 4.31. The Morgan fingerprint density at radius 1 is 1.17 bits per heavy atom. The van der Waals surface area contributed by atoms with E-state index in [1.807, 2.05) is 29.3 Å². The van der Waals surface area contributed by atoms with Gasteiger partial charge in [-0.3, -0.25) is 4.79 Å². The molecule has 0 fully saturated rings. The van der Waals surface area contributed by atoms with Crippen LogP contribution in [-0.4, -0.2) is 29.6 Å². The van der Waals surface area contributed by atoms with Gasteiger partial charge in [0.05, 0.1) is 12.2 Å². The van der Waals surface area contributed by atoms with Crippen LogP contribution in [0.1, 0.15) is 22.8 Å². The van der Waals surface area contributed by atoms with Crippen molar-refractivity contribution in [3.63, 3.8) is 0 Å². The molecule has 2 aromatic carbocycles. The summed E-state index contributed by atoms with van der Waals surface area (Å²) in [6.45, 7) is 2.40. The third-order valence-corrected chi connectivity index (χ3v) is 4.68. The molecular formula is C22H21ClN2O4. The molecule has 1 aliphatic heterocycles. The Morgan fingerprint density at radius 3 is 2.69 bits per heavy atom. The second-order valence-corrected chi connectivity index (χ2v) is 6.72. The minimum Gasteiger partial charge on any atom is -0.466 e. The summed E-state index contributed by atoms with van der Waals surface area (Å²) in [5.41, 5.74) is 6.89. The topological polar surface area (TPSA) is 81.9 Å².